The molecule has 23 heavy (non-hydrogen) atoms. The van der Waals surface area contributed by atoms with Gasteiger partial charge in [0.05, 0.1) is 5.56 Å². The molecule has 0 heterocycles. The molecule has 120 valence electrons. The average Bonchev–Trinajstić information content (AvgIpc) is 2.51. The normalized spacial score (nSPS) is 11.6. The van der Waals surface area contributed by atoms with Crippen molar-refractivity contribution >= 4 is 17.6 Å². The molecular weight excluding hydrogens is 294 g/mol. The first-order chi connectivity index (χ1) is 10.9. The summed E-state index contributed by atoms with van der Waals surface area (Å²) in [5.74, 6) is -0.763. The van der Waals surface area contributed by atoms with Gasteiger partial charge in [0.25, 0.3) is 5.91 Å². The predicted octanol–water partition coefficient (Wildman–Crippen LogP) is 3.41. The van der Waals surface area contributed by atoms with Gasteiger partial charge in [0.15, 0.2) is 6.10 Å². The number of amides is 1. The third-order valence-corrected chi connectivity index (χ3v) is 3.54. The molecule has 0 unspecified atom stereocenters. The van der Waals surface area contributed by atoms with E-state index in [2.05, 4.69) is 5.32 Å². The fourth-order valence-corrected chi connectivity index (χ4v) is 2.02. The van der Waals surface area contributed by atoms with Crippen LogP contribution in [0.3, 0.4) is 0 Å². The van der Waals surface area contributed by atoms with Gasteiger partial charge < -0.3 is 15.2 Å². The van der Waals surface area contributed by atoms with Crippen LogP contribution in [0.2, 0.25) is 0 Å². The third kappa shape index (κ3) is 4.32. The highest BCUT2D eigenvalue weighted by molar-refractivity contribution is 5.96. The number of carboxylic acids is 1. The topological polar surface area (TPSA) is 75.6 Å². The van der Waals surface area contributed by atoms with Crippen LogP contribution in [0.1, 0.15) is 28.4 Å². The van der Waals surface area contributed by atoms with E-state index in [0.717, 1.165) is 11.1 Å². The molecule has 2 aromatic rings. The van der Waals surface area contributed by atoms with Crippen LogP contribution < -0.4 is 10.1 Å². The number of carbonyl (C=O) groups excluding carboxylic acids is 1. The first kappa shape index (κ1) is 16.5. The van der Waals surface area contributed by atoms with E-state index in [-0.39, 0.29) is 11.5 Å². The molecule has 0 fully saturated rings. The monoisotopic (exact) mass is 313 g/mol. The minimum Gasteiger partial charge on any atom is -0.481 e. The van der Waals surface area contributed by atoms with Crippen LogP contribution in [0.15, 0.2) is 42.5 Å². The van der Waals surface area contributed by atoms with E-state index in [1.165, 1.54) is 12.1 Å². The molecule has 0 aromatic heterocycles. The summed E-state index contributed by atoms with van der Waals surface area (Å²) in [6.45, 7) is 5.63. The second-order valence-corrected chi connectivity index (χ2v) is 5.38. The Labute approximate surface area is 134 Å². The molecule has 0 spiro atoms. The van der Waals surface area contributed by atoms with Crippen molar-refractivity contribution in [2.45, 2.75) is 26.9 Å². The predicted molar refractivity (Wildman–Crippen MR) is 88.0 cm³/mol. The van der Waals surface area contributed by atoms with Crippen LogP contribution in [-0.2, 0) is 4.79 Å². The maximum absolute atomic E-state index is 12.2. The lowest BCUT2D eigenvalue weighted by molar-refractivity contribution is -0.122. The van der Waals surface area contributed by atoms with E-state index in [9.17, 15) is 9.59 Å². The van der Waals surface area contributed by atoms with Gasteiger partial charge in [-0.3, -0.25) is 4.79 Å². The molecule has 0 saturated carbocycles. The Hall–Kier alpha value is -2.82. The number of hydrogen-bond acceptors (Lipinski definition) is 3. The summed E-state index contributed by atoms with van der Waals surface area (Å²) in [4.78, 5) is 23.1. The lowest BCUT2D eigenvalue weighted by Crippen LogP contribution is -2.30. The zero-order valence-electron chi connectivity index (χ0n) is 13.3. The van der Waals surface area contributed by atoms with Crippen molar-refractivity contribution in [3.8, 4) is 5.75 Å². The highest BCUT2D eigenvalue weighted by Crippen LogP contribution is 2.18. The van der Waals surface area contributed by atoms with Crippen molar-refractivity contribution in [3.05, 3.63) is 59.2 Å². The summed E-state index contributed by atoms with van der Waals surface area (Å²) < 4.78 is 5.63. The standard InChI is InChI=1S/C18H19NO4/c1-11-7-8-16(9-12(11)2)23-13(3)17(20)19-15-6-4-5-14(10-15)18(21)22/h4-10,13H,1-3H3,(H,19,20)(H,21,22)/t13-/m0/s1. The van der Waals surface area contributed by atoms with E-state index in [1.807, 2.05) is 32.0 Å². The van der Waals surface area contributed by atoms with Gasteiger partial charge in [-0.1, -0.05) is 12.1 Å². The molecule has 2 aromatic carbocycles. The summed E-state index contributed by atoms with van der Waals surface area (Å²) in [6, 6.07) is 11.7. The van der Waals surface area contributed by atoms with Crippen molar-refractivity contribution in [1.29, 1.82) is 0 Å². The van der Waals surface area contributed by atoms with Gasteiger partial charge in [0, 0.05) is 5.69 Å². The minimum absolute atomic E-state index is 0.116. The molecule has 1 atom stereocenters. The molecule has 2 rings (SSSR count). The summed E-state index contributed by atoms with van der Waals surface area (Å²) in [5, 5.41) is 11.6. The molecule has 1 amide bonds. The van der Waals surface area contributed by atoms with Crippen molar-refractivity contribution in [2.24, 2.45) is 0 Å². The van der Waals surface area contributed by atoms with Crippen LogP contribution in [0.5, 0.6) is 5.75 Å². The minimum atomic E-state index is -1.04. The SMILES string of the molecule is Cc1ccc(O[C@@H](C)C(=O)Nc2cccc(C(=O)O)c2)cc1C. The summed E-state index contributed by atoms with van der Waals surface area (Å²) in [5.41, 5.74) is 2.78. The first-order valence-electron chi connectivity index (χ1n) is 7.25. The van der Waals surface area contributed by atoms with Crippen molar-refractivity contribution < 1.29 is 19.4 Å². The van der Waals surface area contributed by atoms with E-state index in [4.69, 9.17) is 9.84 Å². The number of nitrogens with one attached hydrogen (secondary N) is 1. The zero-order valence-corrected chi connectivity index (χ0v) is 13.3. The maximum atomic E-state index is 12.2. The molecule has 2 N–H and O–H groups in total. The van der Waals surface area contributed by atoms with E-state index >= 15 is 0 Å². The zero-order chi connectivity index (χ0) is 17.0. The van der Waals surface area contributed by atoms with Crippen LogP contribution in [0.25, 0.3) is 0 Å². The number of hydrogen-bond donors (Lipinski definition) is 2. The number of carbonyl (C=O) groups is 2. The Balaban J connectivity index is 2.03. The van der Waals surface area contributed by atoms with Gasteiger partial charge in [0.1, 0.15) is 5.75 Å². The van der Waals surface area contributed by atoms with Crippen LogP contribution in [0, 0.1) is 13.8 Å². The van der Waals surface area contributed by atoms with Crippen molar-refractivity contribution in [3.63, 3.8) is 0 Å². The van der Waals surface area contributed by atoms with Gasteiger partial charge >= 0.3 is 5.97 Å². The van der Waals surface area contributed by atoms with Crippen molar-refractivity contribution in [2.75, 3.05) is 5.32 Å². The second kappa shape index (κ2) is 6.96. The van der Waals surface area contributed by atoms with E-state index < -0.39 is 12.1 Å². The van der Waals surface area contributed by atoms with Gasteiger partial charge in [-0.05, 0) is 62.2 Å². The average molecular weight is 313 g/mol. The Morgan fingerprint density at radius 1 is 1.09 bits per heavy atom. The quantitative estimate of drug-likeness (QED) is 0.887. The fraction of sp³-hybridized carbons (Fsp3) is 0.222. The van der Waals surface area contributed by atoms with Gasteiger partial charge in [-0.25, -0.2) is 4.79 Å². The molecule has 5 nitrogen and oxygen atoms in total. The summed E-state index contributed by atoms with van der Waals surface area (Å²) in [6.07, 6.45) is -0.703. The Morgan fingerprint density at radius 3 is 2.48 bits per heavy atom. The second-order valence-electron chi connectivity index (χ2n) is 5.38. The summed E-state index contributed by atoms with van der Waals surface area (Å²) >= 11 is 0. The number of anilines is 1. The highest BCUT2D eigenvalue weighted by atomic mass is 16.5. The fourth-order valence-electron chi connectivity index (χ4n) is 2.02. The molecule has 0 radical (unpaired) electrons. The number of rotatable bonds is 5. The molecule has 0 aliphatic rings. The third-order valence-electron chi connectivity index (χ3n) is 3.54. The molecule has 0 bridgehead atoms. The number of aromatic carboxylic acids is 1. The van der Waals surface area contributed by atoms with Crippen LogP contribution in [-0.4, -0.2) is 23.1 Å². The first-order valence-corrected chi connectivity index (χ1v) is 7.25. The lowest BCUT2D eigenvalue weighted by Gasteiger charge is -2.15. The Bertz CT molecular complexity index is 740. The largest absolute Gasteiger partial charge is 0.481 e. The van der Waals surface area contributed by atoms with Gasteiger partial charge in [-0.15, -0.1) is 0 Å². The molecular formula is C18H19NO4. The Kier molecular flexibility index (Phi) is 5.01. The van der Waals surface area contributed by atoms with Gasteiger partial charge in [0.2, 0.25) is 0 Å². The molecule has 5 heteroatoms. The highest BCUT2D eigenvalue weighted by Gasteiger charge is 2.15. The van der Waals surface area contributed by atoms with Crippen molar-refractivity contribution in [1.82, 2.24) is 0 Å². The van der Waals surface area contributed by atoms with E-state index in [0.29, 0.717) is 11.4 Å². The number of carboxylic acid groups (broad SMARTS) is 1. The van der Waals surface area contributed by atoms with Crippen LogP contribution >= 0.6 is 0 Å². The van der Waals surface area contributed by atoms with Crippen LogP contribution in [0.4, 0.5) is 5.69 Å². The number of ether oxygens (including phenoxy) is 1. The molecule has 0 saturated heterocycles. The Morgan fingerprint density at radius 2 is 1.83 bits per heavy atom. The number of aryl methyl sites for hydroxylation is 2. The molecule has 0 aliphatic heterocycles. The lowest BCUT2D eigenvalue weighted by atomic mass is 10.1. The maximum Gasteiger partial charge on any atom is 0.335 e. The molecule has 0 aliphatic carbocycles. The van der Waals surface area contributed by atoms with Gasteiger partial charge in [-0.2, -0.15) is 0 Å². The number of benzene rings is 2. The summed E-state index contributed by atoms with van der Waals surface area (Å²) in [7, 11) is 0. The smallest absolute Gasteiger partial charge is 0.335 e. The van der Waals surface area contributed by atoms with E-state index in [1.54, 1.807) is 19.1 Å².